The van der Waals surface area contributed by atoms with E-state index in [2.05, 4.69) is 68.9 Å². The summed E-state index contributed by atoms with van der Waals surface area (Å²) >= 11 is 3.45. The first kappa shape index (κ1) is 18.4. The molecule has 0 N–H and O–H groups in total. The second-order valence-corrected chi connectivity index (χ2v) is 11.9. The molecular formula is C15H31BrOSi. The number of rotatable bonds is 8. The third-order valence-electron chi connectivity index (χ3n) is 3.78. The molecule has 108 valence electrons. The monoisotopic (exact) mass is 334 g/mol. The molecule has 18 heavy (non-hydrogen) atoms. The van der Waals surface area contributed by atoms with Gasteiger partial charge in [0, 0.05) is 5.33 Å². The largest absolute Gasteiger partial charge is 0.411 e. The molecule has 0 radical (unpaired) electrons. The third kappa shape index (κ3) is 7.10. The Morgan fingerprint density at radius 1 is 1.22 bits per heavy atom. The fourth-order valence-electron chi connectivity index (χ4n) is 1.55. The van der Waals surface area contributed by atoms with Gasteiger partial charge in [0.25, 0.3) is 0 Å². The molecule has 0 saturated heterocycles. The molecule has 0 bridgehead atoms. The van der Waals surface area contributed by atoms with Gasteiger partial charge in [0.1, 0.15) is 0 Å². The number of unbranched alkanes of at least 4 members (excludes halogenated alkanes) is 2. The van der Waals surface area contributed by atoms with Crippen molar-refractivity contribution in [2.45, 2.75) is 77.6 Å². The molecule has 0 aliphatic carbocycles. The van der Waals surface area contributed by atoms with Crippen molar-refractivity contribution in [1.82, 2.24) is 0 Å². The van der Waals surface area contributed by atoms with Gasteiger partial charge in [-0.1, -0.05) is 75.0 Å². The summed E-state index contributed by atoms with van der Waals surface area (Å²) in [5.41, 5.74) is 0. The summed E-state index contributed by atoms with van der Waals surface area (Å²) in [5.74, 6) is 0. The number of allylic oxidation sites excluding steroid dienone is 1. The molecule has 0 aromatic heterocycles. The molecule has 0 aromatic rings. The smallest absolute Gasteiger partial charge is 0.192 e. The minimum Gasteiger partial charge on any atom is -0.411 e. The second kappa shape index (κ2) is 8.54. The van der Waals surface area contributed by atoms with Gasteiger partial charge in [0.2, 0.25) is 0 Å². The van der Waals surface area contributed by atoms with E-state index in [1.54, 1.807) is 0 Å². The van der Waals surface area contributed by atoms with Gasteiger partial charge in [-0.25, -0.2) is 0 Å². The van der Waals surface area contributed by atoms with Gasteiger partial charge in [-0.05, 0) is 24.6 Å². The highest BCUT2D eigenvalue weighted by Gasteiger charge is 2.38. The van der Waals surface area contributed by atoms with Crippen LogP contribution in [-0.2, 0) is 4.43 Å². The van der Waals surface area contributed by atoms with Crippen LogP contribution in [0, 0.1) is 0 Å². The van der Waals surface area contributed by atoms with Gasteiger partial charge in [0.15, 0.2) is 8.32 Å². The van der Waals surface area contributed by atoms with Crippen molar-refractivity contribution in [3.63, 3.8) is 0 Å². The van der Waals surface area contributed by atoms with E-state index in [-0.39, 0.29) is 5.04 Å². The van der Waals surface area contributed by atoms with Crippen LogP contribution < -0.4 is 0 Å². The highest BCUT2D eigenvalue weighted by Crippen LogP contribution is 2.37. The van der Waals surface area contributed by atoms with E-state index in [4.69, 9.17) is 4.43 Å². The highest BCUT2D eigenvalue weighted by molar-refractivity contribution is 9.09. The van der Waals surface area contributed by atoms with E-state index in [0.717, 1.165) is 11.8 Å². The van der Waals surface area contributed by atoms with Crippen LogP contribution in [0.1, 0.15) is 53.4 Å². The third-order valence-corrected chi connectivity index (χ3v) is 8.66. The first-order valence-corrected chi connectivity index (χ1v) is 11.2. The van der Waals surface area contributed by atoms with E-state index >= 15 is 0 Å². The number of alkyl halides is 1. The Labute approximate surface area is 124 Å². The highest BCUT2D eigenvalue weighted by atomic mass is 79.9. The van der Waals surface area contributed by atoms with E-state index in [0.29, 0.717) is 6.10 Å². The molecule has 0 fully saturated rings. The lowest BCUT2D eigenvalue weighted by molar-refractivity contribution is 0.211. The summed E-state index contributed by atoms with van der Waals surface area (Å²) in [4.78, 5) is 0. The summed E-state index contributed by atoms with van der Waals surface area (Å²) in [6.45, 7) is 13.8. The first-order chi connectivity index (χ1) is 8.24. The quantitative estimate of drug-likeness (QED) is 0.232. The molecule has 1 nitrogen and oxygen atoms in total. The minimum absolute atomic E-state index is 0.290. The summed E-state index contributed by atoms with van der Waals surface area (Å²) < 4.78 is 6.48. The standard InChI is InChI=1S/C15H31BrOSi/c1-7-8-9-11-14(12-10-13-16)17-18(5,6)15(2,3)4/h10,12,14H,7-9,11,13H2,1-6H3/b12-10+. The lowest BCUT2D eigenvalue weighted by Gasteiger charge is -2.38. The zero-order valence-electron chi connectivity index (χ0n) is 13.1. The van der Waals surface area contributed by atoms with Gasteiger partial charge in [-0.15, -0.1) is 0 Å². The Bertz CT molecular complexity index is 243. The summed E-state index contributed by atoms with van der Waals surface area (Å²) in [7, 11) is -1.64. The molecule has 0 heterocycles. The summed E-state index contributed by atoms with van der Waals surface area (Å²) in [6, 6.07) is 0. The minimum atomic E-state index is -1.64. The molecule has 0 spiro atoms. The molecule has 3 heteroatoms. The molecule has 0 aliphatic heterocycles. The molecule has 1 unspecified atom stereocenters. The fraction of sp³-hybridized carbons (Fsp3) is 0.867. The molecule has 0 amide bonds. The van der Waals surface area contributed by atoms with E-state index in [9.17, 15) is 0 Å². The zero-order valence-corrected chi connectivity index (χ0v) is 15.6. The lowest BCUT2D eigenvalue weighted by atomic mass is 10.1. The normalized spacial score (nSPS) is 15.3. The lowest BCUT2D eigenvalue weighted by Crippen LogP contribution is -2.43. The average molecular weight is 335 g/mol. The predicted octanol–water partition coefficient (Wildman–Crippen LogP) is 5.91. The maximum atomic E-state index is 6.48. The van der Waals surface area contributed by atoms with Crippen LogP contribution in [0.4, 0.5) is 0 Å². The van der Waals surface area contributed by atoms with Gasteiger partial charge in [-0.3, -0.25) is 0 Å². The zero-order chi connectivity index (χ0) is 14.2. The second-order valence-electron chi connectivity index (χ2n) is 6.49. The topological polar surface area (TPSA) is 9.23 Å². The van der Waals surface area contributed by atoms with Crippen LogP contribution in [0.5, 0.6) is 0 Å². The molecule has 0 rings (SSSR count). The van der Waals surface area contributed by atoms with Crippen LogP contribution >= 0.6 is 15.9 Å². The summed E-state index contributed by atoms with van der Waals surface area (Å²) in [6.07, 6.45) is 9.71. The summed E-state index contributed by atoms with van der Waals surface area (Å²) in [5, 5.41) is 1.20. The van der Waals surface area contributed by atoms with E-state index < -0.39 is 8.32 Å². The van der Waals surface area contributed by atoms with Crippen molar-refractivity contribution >= 4 is 24.2 Å². The van der Waals surface area contributed by atoms with Crippen LogP contribution in [0.2, 0.25) is 18.1 Å². The van der Waals surface area contributed by atoms with Crippen molar-refractivity contribution in [3.05, 3.63) is 12.2 Å². The molecule has 0 aliphatic rings. The van der Waals surface area contributed by atoms with Crippen LogP contribution in [0.25, 0.3) is 0 Å². The van der Waals surface area contributed by atoms with Crippen LogP contribution in [-0.4, -0.2) is 19.8 Å². The van der Waals surface area contributed by atoms with Crippen molar-refractivity contribution in [2.75, 3.05) is 5.33 Å². The van der Waals surface area contributed by atoms with Gasteiger partial charge in [0.05, 0.1) is 6.10 Å². The van der Waals surface area contributed by atoms with Crippen molar-refractivity contribution < 1.29 is 4.43 Å². The maximum Gasteiger partial charge on any atom is 0.192 e. The Morgan fingerprint density at radius 2 is 1.83 bits per heavy atom. The van der Waals surface area contributed by atoms with E-state index in [1.165, 1.54) is 19.3 Å². The van der Waals surface area contributed by atoms with Gasteiger partial charge in [-0.2, -0.15) is 0 Å². The van der Waals surface area contributed by atoms with Crippen LogP contribution in [0.3, 0.4) is 0 Å². The van der Waals surface area contributed by atoms with Crippen molar-refractivity contribution in [1.29, 1.82) is 0 Å². The SMILES string of the molecule is CCCCCC(/C=C/CBr)O[Si](C)(C)C(C)(C)C. The van der Waals surface area contributed by atoms with Crippen LogP contribution in [0.15, 0.2) is 12.2 Å². The van der Waals surface area contributed by atoms with Crippen molar-refractivity contribution in [3.8, 4) is 0 Å². The number of hydrogen-bond acceptors (Lipinski definition) is 1. The molecular weight excluding hydrogens is 304 g/mol. The fourth-order valence-corrected chi connectivity index (χ4v) is 3.07. The van der Waals surface area contributed by atoms with E-state index in [1.807, 2.05) is 0 Å². The Morgan fingerprint density at radius 3 is 2.28 bits per heavy atom. The first-order valence-electron chi connectivity index (χ1n) is 7.15. The average Bonchev–Trinajstić information content (AvgIpc) is 2.24. The Hall–Kier alpha value is 0.397. The number of hydrogen-bond donors (Lipinski definition) is 0. The molecule has 0 aromatic carbocycles. The van der Waals surface area contributed by atoms with Crippen molar-refractivity contribution in [2.24, 2.45) is 0 Å². The molecule has 0 saturated carbocycles. The predicted molar refractivity (Wildman–Crippen MR) is 89.1 cm³/mol. The van der Waals surface area contributed by atoms with Gasteiger partial charge >= 0.3 is 0 Å². The van der Waals surface area contributed by atoms with Gasteiger partial charge < -0.3 is 4.43 Å². The Kier molecular flexibility index (Phi) is 8.73. The maximum absolute atomic E-state index is 6.48. The number of halogens is 1. The Balaban J connectivity index is 4.52. The molecule has 1 atom stereocenters.